The highest BCUT2D eigenvalue weighted by Gasteiger charge is 2.22. The van der Waals surface area contributed by atoms with Gasteiger partial charge in [0.15, 0.2) is 0 Å². The van der Waals surface area contributed by atoms with Crippen LogP contribution in [-0.4, -0.2) is 23.7 Å². The highest BCUT2D eigenvalue weighted by molar-refractivity contribution is 5.70. The highest BCUT2D eigenvalue weighted by Crippen LogP contribution is 2.23. The summed E-state index contributed by atoms with van der Waals surface area (Å²) < 4.78 is 0. The van der Waals surface area contributed by atoms with E-state index in [4.69, 9.17) is 5.11 Å². The molecule has 1 aliphatic rings. The van der Waals surface area contributed by atoms with Crippen LogP contribution in [0.4, 0.5) is 0 Å². The Hall–Kier alpha value is -0.570. The molecule has 0 amide bonds. The third kappa shape index (κ3) is 5.53. The molecule has 100 valence electrons. The minimum absolute atomic E-state index is 0.229. The van der Waals surface area contributed by atoms with Crippen LogP contribution in [0.2, 0.25) is 0 Å². The van der Waals surface area contributed by atoms with Crippen molar-refractivity contribution < 1.29 is 9.90 Å². The lowest BCUT2D eigenvalue weighted by molar-refractivity contribution is -0.142. The summed E-state index contributed by atoms with van der Waals surface area (Å²) in [6.07, 6.45) is 5.78. The van der Waals surface area contributed by atoms with E-state index >= 15 is 0 Å². The molecule has 0 saturated heterocycles. The molecule has 1 aliphatic carbocycles. The molecular formula is C14H27NO2. The Morgan fingerprint density at radius 3 is 2.65 bits per heavy atom. The van der Waals surface area contributed by atoms with Crippen LogP contribution in [0.15, 0.2) is 0 Å². The van der Waals surface area contributed by atoms with Gasteiger partial charge < -0.3 is 10.4 Å². The fourth-order valence-electron chi connectivity index (χ4n) is 2.77. The zero-order valence-corrected chi connectivity index (χ0v) is 11.4. The van der Waals surface area contributed by atoms with Gasteiger partial charge in [0.05, 0.1) is 5.92 Å². The van der Waals surface area contributed by atoms with Gasteiger partial charge in [0, 0.05) is 12.6 Å². The van der Waals surface area contributed by atoms with Gasteiger partial charge in [-0.3, -0.25) is 4.79 Å². The Labute approximate surface area is 105 Å². The van der Waals surface area contributed by atoms with Crippen molar-refractivity contribution in [3.63, 3.8) is 0 Å². The van der Waals surface area contributed by atoms with Gasteiger partial charge in [-0.1, -0.05) is 33.6 Å². The Balaban J connectivity index is 2.32. The van der Waals surface area contributed by atoms with Crippen LogP contribution in [-0.2, 0) is 4.79 Å². The van der Waals surface area contributed by atoms with Gasteiger partial charge in [0.1, 0.15) is 0 Å². The molecule has 0 aliphatic heterocycles. The van der Waals surface area contributed by atoms with Crippen LogP contribution < -0.4 is 5.32 Å². The number of carbonyl (C=O) groups is 1. The fourth-order valence-corrected chi connectivity index (χ4v) is 2.77. The molecule has 1 fully saturated rings. The maximum Gasteiger partial charge on any atom is 0.307 e. The van der Waals surface area contributed by atoms with Gasteiger partial charge in [-0.15, -0.1) is 0 Å². The van der Waals surface area contributed by atoms with Gasteiger partial charge in [-0.2, -0.15) is 0 Å². The van der Waals surface area contributed by atoms with E-state index in [1.54, 1.807) is 0 Å². The van der Waals surface area contributed by atoms with Crippen molar-refractivity contribution >= 4 is 5.97 Å². The first kappa shape index (κ1) is 14.5. The molecule has 3 nitrogen and oxygen atoms in total. The van der Waals surface area contributed by atoms with Crippen LogP contribution in [0, 0.1) is 17.8 Å². The average molecular weight is 241 g/mol. The molecule has 3 heteroatoms. The number of aliphatic carboxylic acids is 1. The largest absolute Gasteiger partial charge is 0.481 e. The lowest BCUT2D eigenvalue weighted by Crippen LogP contribution is -2.39. The number of hydrogen-bond acceptors (Lipinski definition) is 2. The molecular weight excluding hydrogens is 214 g/mol. The highest BCUT2D eigenvalue weighted by atomic mass is 16.4. The number of hydrogen-bond donors (Lipinski definition) is 2. The van der Waals surface area contributed by atoms with Crippen LogP contribution in [0.3, 0.4) is 0 Å². The van der Waals surface area contributed by atoms with E-state index in [9.17, 15) is 4.79 Å². The lowest BCUT2D eigenvalue weighted by Gasteiger charge is -2.28. The molecule has 0 heterocycles. The van der Waals surface area contributed by atoms with Crippen LogP contribution in [0.1, 0.15) is 52.9 Å². The summed E-state index contributed by atoms with van der Waals surface area (Å²) in [5, 5.41) is 12.6. The molecule has 0 aromatic carbocycles. The van der Waals surface area contributed by atoms with E-state index < -0.39 is 5.97 Å². The number of nitrogens with one attached hydrogen (secondary N) is 1. The van der Waals surface area contributed by atoms with Gasteiger partial charge in [0.2, 0.25) is 0 Å². The van der Waals surface area contributed by atoms with E-state index in [1.807, 2.05) is 0 Å². The van der Waals surface area contributed by atoms with Crippen molar-refractivity contribution in [3.8, 4) is 0 Å². The van der Waals surface area contributed by atoms with Crippen molar-refractivity contribution in [2.75, 3.05) is 6.54 Å². The summed E-state index contributed by atoms with van der Waals surface area (Å²) in [4.78, 5) is 11.1. The normalized spacial score (nSPS) is 27.1. The molecule has 0 spiro atoms. The number of rotatable bonds is 6. The predicted octanol–water partition coefficient (Wildman–Crippen LogP) is 2.90. The summed E-state index contributed by atoms with van der Waals surface area (Å²) in [6, 6.07) is 0.535. The van der Waals surface area contributed by atoms with Gasteiger partial charge >= 0.3 is 5.97 Å². The van der Waals surface area contributed by atoms with Gasteiger partial charge in [-0.25, -0.2) is 0 Å². The second-order valence-electron chi connectivity index (χ2n) is 6.04. The zero-order chi connectivity index (χ0) is 12.8. The van der Waals surface area contributed by atoms with E-state index in [1.165, 1.54) is 25.7 Å². The Kier molecular flexibility index (Phi) is 5.96. The van der Waals surface area contributed by atoms with Crippen molar-refractivity contribution in [3.05, 3.63) is 0 Å². The van der Waals surface area contributed by atoms with Crippen molar-refractivity contribution in [2.45, 2.75) is 58.9 Å². The smallest absolute Gasteiger partial charge is 0.307 e. The first-order valence-electron chi connectivity index (χ1n) is 6.95. The molecule has 0 aromatic rings. The molecule has 2 N–H and O–H groups in total. The van der Waals surface area contributed by atoms with Crippen LogP contribution in [0.25, 0.3) is 0 Å². The number of carboxylic acid groups (broad SMARTS) is 1. The first-order chi connectivity index (χ1) is 7.99. The van der Waals surface area contributed by atoms with E-state index in [0.29, 0.717) is 18.5 Å². The molecule has 3 unspecified atom stereocenters. The summed E-state index contributed by atoms with van der Waals surface area (Å²) in [7, 11) is 0. The Bertz CT molecular complexity index is 240. The third-order valence-electron chi connectivity index (χ3n) is 3.69. The second kappa shape index (κ2) is 7.00. The minimum Gasteiger partial charge on any atom is -0.481 e. The SMILES string of the molecule is CC(C)CC(CNC1CCCC(C)C1)C(=O)O. The van der Waals surface area contributed by atoms with Crippen molar-refractivity contribution in [2.24, 2.45) is 17.8 Å². The monoisotopic (exact) mass is 241 g/mol. The molecule has 0 aromatic heterocycles. The zero-order valence-electron chi connectivity index (χ0n) is 11.4. The third-order valence-corrected chi connectivity index (χ3v) is 3.69. The summed E-state index contributed by atoms with van der Waals surface area (Å²) in [5.41, 5.74) is 0. The topological polar surface area (TPSA) is 49.3 Å². The van der Waals surface area contributed by atoms with Crippen molar-refractivity contribution in [1.29, 1.82) is 0 Å². The predicted molar refractivity (Wildman–Crippen MR) is 70.0 cm³/mol. The van der Waals surface area contributed by atoms with Gasteiger partial charge in [0.25, 0.3) is 0 Å². The van der Waals surface area contributed by atoms with E-state index in [-0.39, 0.29) is 5.92 Å². The first-order valence-corrected chi connectivity index (χ1v) is 6.95. The van der Waals surface area contributed by atoms with E-state index in [0.717, 1.165) is 12.3 Å². The van der Waals surface area contributed by atoms with Crippen LogP contribution in [0.5, 0.6) is 0 Å². The van der Waals surface area contributed by atoms with Crippen LogP contribution >= 0.6 is 0 Å². The fraction of sp³-hybridized carbons (Fsp3) is 0.929. The molecule has 17 heavy (non-hydrogen) atoms. The van der Waals surface area contributed by atoms with Crippen molar-refractivity contribution in [1.82, 2.24) is 5.32 Å². The number of carboxylic acids is 1. The molecule has 0 radical (unpaired) electrons. The molecule has 0 bridgehead atoms. The molecule has 3 atom stereocenters. The summed E-state index contributed by atoms with van der Waals surface area (Å²) in [6.45, 7) is 7.08. The minimum atomic E-state index is -0.657. The Morgan fingerprint density at radius 2 is 2.12 bits per heavy atom. The quantitative estimate of drug-likeness (QED) is 0.751. The summed E-state index contributed by atoms with van der Waals surface area (Å²) in [5.74, 6) is 0.347. The van der Waals surface area contributed by atoms with E-state index in [2.05, 4.69) is 26.1 Å². The maximum absolute atomic E-state index is 11.1. The Morgan fingerprint density at radius 1 is 1.41 bits per heavy atom. The van der Waals surface area contributed by atoms with Gasteiger partial charge in [-0.05, 0) is 31.1 Å². The second-order valence-corrected chi connectivity index (χ2v) is 6.04. The molecule has 1 saturated carbocycles. The lowest BCUT2D eigenvalue weighted by atomic mass is 9.86. The summed E-state index contributed by atoms with van der Waals surface area (Å²) >= 11 is 0. The maximum atomic E-state index is 11.1. The molecule has 1 rings (SSSR count). The average Bonchev–Trinajstić information content (AvgIpc) is 2.23. The standard InChI is InChI=1S/C14H27NO2/c1-10(2)7-12(14(16)17)9-15-13-6-4-5-11(3)8-13/h10-13,15H,4-9H2,1-3H3,(H,16,17).